The monoisotopic (exact) mass is 346 g/mol. The van der Waals surface area contributed by atoms with Gasteiger partial charge in [0.05, 0.1) is 0 Å². The fourth-order valence-corrected chi connectivity index (χ4v) is 1.85. The summed E-state index contributed by atoms with van der Waals surface area (Å²) in [5, 5.41) is 0. The predicted octanol–water partition coefficient (Wildman–Crippen LogP) is 5.94. The normalized spacial score (nSPS) is 9.16. The molecule has 0 aliphatic rings. The second-order valence-corrected chi connectivity index (χ2v) is 4.77. The van der Waals surface area contributed by atoms with E-state index in [1.54, 1.807) is 19.2 Å². The third-order valence-corrected chi connectivity index (χ3v) is 3.14. The summed E-state index contributed by atoms with van der Waals surface area (Å²) in [5.74, 6) is -0.144. The maximum atomic E-state index is 12.4. The van der Waals surface area contributed by atoms with Crippen LogP contribution in [0.2, 0.25) is 0 Å². The number of nitrogens with zero attached hydrogens (tertiary/aromatic N) is 1. The first kappa shape index (κ1) is 25.2. The Morgan fingerprint density at radius 2 is 1.64 bits per heavy atom. The number of rotatable bonds is 3. The summed E-state index contributed by atoms with van der Waals surface area (Å²) in [7, 11) is 1.77. The van der Waals surface area contributed by atoms with Crippen molar-refractivity contribution in [2.24, 2.45) is 10.7 Å². The lowest BCUT2D eigenvalue weighted by Crippen LogP contribution is -1.98. The molecule has 0 aliphatic heterocycles. The Labute approximate surface area is 154 Å². The van der Waals surface area contributed by atoms with Gasteiger partial charge in [-0.1, -0.05) is 58.9 Å². The minimum Gasteiger partial charge on any atom is -0.326 e. The Morgan fingerprint density at radius 1 is 1.00 bits per heavy atom. The summed E-state index contributed by atoms with van der Waals surface area (Å²) in [6.45, 7) is 12.7. The summed E-state index contributed by atoms with van der Waals surface area (Å²) in [4.78, 5) is 3.98. The molecule has 0 amide bonds. The molecular formula is C22H35FN2. The lowest BCUT2D eigenvalue weighted by molar-refractivity contribution is 0.625. The van der Waals surface area contributed by atoms with Crippen molar-refractivity contribution in [2.45, 2.75) is 54.5 Å². The highest BCUT2D eigenvalue weighted by Gasteiger charge is 1.95. The molecule has 140 valence electrons. The maximum Gasteiger partial charge on any atom is 0.123 e. The van der Waals surface area contributed by atoms with E-state index in [4.69, 9.17) is 5.73 Å². The molecule has 0 unspecified atom stereocenters. The summed E-state index contributed by atoms with van der Waals surface area (Å²) >= 11 is 0. The molecule has 0 fully saturated rings. The quantitative estimate of drug-likeness (QED) is 0.686. The van der Waals surface area contributed by atoms with Crippen LogP contribution in [0.25, 0.3) is 0 Å². The number of aliphatic imine (C=N–C) groups is 1. The largest absolute Gasteiger partial charge is 0.326 e. The van der Waals surface area contributed by atoms with Gasteiger partial charge in [-0.25, -0.2) is 4.39 Å². The van der Waals surface area contributed by atoms with E-state index in [2.05, 4.69) is 24.0 Å². The molecule has 2 aromatic rings. The van der Waals surface area contributed by atoms with Crippen molar-refractivity contribution in [1.29, 1.82) is 0 Å². The number of aryl methyl sites for hydroxylation is 2. The third kappa shape index (κ3) is 11.2. The Balaban J connectivity index is 0. The lowest BCUT2D eigenvalue weighted by atomic mass is 10.1. The molecule has 0 radical (unpaired) electrons. The van der Waals surface area contributed by atoms with Crippen LogP contribution in [0.1, 0.15) is 56.9 Å². The van der Waals surface area contributed by atoms with Gasteiger partial charge in [0.1, 0.15) is 5.82 Å². The maximum absolute atomic E-state index is 12.4. The van der Waals surface area contributed by atoms with Crippen LogP contribution in [-0.4, -0.2) is 13.3 Å². The van der Waals surface area contributed by atoms with E-state index in [1.807, 2.05) is 53.0 Å². The summed E-state index contributed by atoms with van der Waals surface area (Å²) < 4.78 is 12.4. The van der Waals surface area contributed by atoms with E-state index in [-0.39, 0.29) is 5.82 Å². The third-order valence-electron chi connectivity index (χ3n) is 3.14. The van der Waals surface area contributed by atoms with Gasteiger partial charge < -0.3 is 5.73 Å². The highest BCUT2D eigenvalue weighted by molar-refractivity contribution is 5.81. The van der Waals surface area contributed by atoms with Crippen LogP contribution in [0.5, 0.6) is 0 Å². The Morgan fingerprint density at radius 3 is 2.08 bits per heavy atom. The molecule has 0 aliphatic carbocycles. The number of benzene rings is 2. The van der Waals surface area contributed by atoms with Crippen molar-refractivity contribution in [3.05, 3.63) is 70.5 Å². The fourth-order valence-electron chi connectivity index (χ4n) is 1.85. The van der Waals surface area contributed by atoms with Crippen LogP contribution in [0.15, 0.2) is 47.5 Å². The first-order chi connectivity index (χ1) is 12.1. The van der Waals surface area contributed by atoms with E-state index < -0.39 is 0 Å². The number of hydrogen-bond acceptors (Lipinski definition) is 2. The highest BCUT2D eigenvalue weighted by atomic mass is 19.1. The van der Waals surface area contributed by atoms with Gasteiger partial charge >= 0.3 is 0 Å². The fraction of sp³-hybridized carbons (Fsp3) is 0.409. The van der Waals surface area contributed by atoms with Gasteiger partial charge in [-0.15, -0.1) is 0 Å². The molecule has 0 saturated carbocycles. The van der Waals surface area contributed by atoms with Crippen LogP contribution >= 0.6 is 0 Å². The smallest absolute Gasteiger partial charge is 0.123 e. The zero-order valence-electron chi connectivity index (χ0n) is 16.9. The Kier molecular flexibility index (Phi) is 17.0. The van der Waals surface area contributed by atoms with Crippen molar-refractivity contribution >= 4 is 6.21 Å². The first-order valence-corrected chi connectivity index (χ1v) is 9.06. The molecule has 2 N–H and O–H groups in total. The molecule has 0 bridgehead atoms. The van der Waals surface area contributed by atoms with E-state index in [0.29, 0.717) is 6.54 Å². The molecule has 0 saturated heterocycles. The van der Waals surface area contributed by atoms with Crippen LogP contribution < -0.4 is 5.73 Å². The molecule has 0 aromatic heterocycles. The Bertz CT molecular complexity index is 592. The second-order valence-electron chi connectivity index (χ2n) is 4.77. The Hall–Kier alpha value is -2.00. The van der Waals surface area contributed by atoms with Gasteiger partial charge in [-0.3, -0.25) is 4.99 Å². The first-order valence-electron chi connectivity index (χ1n) is 9.06. The van der Waals surface area contributed by atoms with Gasteiger partial charge in [0.25, 0.3) is 0 Å². The van der Waals surface area contributed by atoms with Crippen molar-refractivity contribution in [3.8, 4) is 0 Å². The second kappa shape index (κ2) is 16.8. The van der Waals surface area contributed by atoms with Gasteiger partial charge in [0, 0.05) is 19.8 Å². The zero-order chi connectivity index (χ0) is 19.7. The summed E-state index contributed by atoms with van der Waals surface area (Å²) in [6, 6.07) is 12.8. The average molecular weight is 347 g/mol. The minimum atomic E-state index is -0.144. The van der Waals surface area contributed by atoms with Crippen LogP contribution in [0, 0.1) is 12.7 Å². The SMILES string of the molecule is CC.CC.CCc1cccc(F)c1.CN=Cc1cc(CN)ccc1C. The highest BCUT2D eigenvalue weighted by Crippen LogP contribution is 2.08. The standard InChI is InChI=1S/C10H14N2.C8H9F.2C2H6/c1-8-3-4-9(6-11)5-10(8)7-12-2;1-2-7-4-3-5-8(9)6-7;2*1-2/h3-5,7H,6,11H2,1-2H3;3-6H,2H2,1H3;2*1-2H3. The van der Waals surface area contributed by atoms with Crippen LogP contribution in [-0.2, 0) is 13.0 Å². The topological polar surface area (TPSA) is 38.4 Å². The van der Waals surface area contributed by atoms with Crippen molar-refractivity contribution in [1.82, 2.24) is 0 Å². The summed E-state index contributed by atoms with van der Waals surface area (Å²) in [6.07, 6.45) is 2.76. The molecule has 2 rings (SSSR count). The van der Waals surface area contributed by atoms with E-state index in [0.717, 1.165) is 23.1 Å². The van der Waals surface area contributed by atoms with E-state index >= 15 is 0 Å². The number of nitrogens with two attached hydrogens (primary N) is 1. The lowest BCUT2D eigenvalue weighted by Gasteiger charge is -2.02. The number of halogens is 1. The molecule has 2 nitrogen and oxygen atoms in total. The van der Waals surface area contributed by atoms with Crippen LogP contribution in [0.4, 0.5) is 4.39 Å². The molecule has 0 heterocycles. The van der Waals surface area contributed by atoms with Gasteiger partial charge in [-0.05, 0) is 53.8 Å². The minimum absolute atomic E-state index is 0.144. The molecule has 3 heteroatoms. The van der Waals surface area contributed by atoms with E-state index in [9.17, 15) is 4.39 Å². The summed E-state index contributed by atoms with van der Waals surface area (Å²) in [5.41, 5.74) is 10.1. The molecule has 0 atom stereocenters. The molecular weight excluding hydrogens is 311 g/mol. The average Bonchev–Trinajstić information content (AvgIpc) is 2.67. The zero-order valence-corrected chi connectivity index (χ0v) is 16.9. The predicted molar refractivity (Wildman–Crippen MR) is 111 cm³/mol. The van der Waals surface area contributed by atoms with Crippen LogP contribution in [0.3, 0.4) is 0 Å². The molecule has 0 spiro atoms. The van der Waals surface area contributed by atoms with Crippen molar-refractivity contribution < 1.29 is 4.39 Å². The molecule has 25 heavy (non-hydrogen) atoms. The van der Waals surface area contributed by atoms with E-state index in [1.165, 1.54) is 11.6 Å². The molecule has 2 aromatic carbocycles. The van der Waals surface area contributed by atoms with Gasteiger partial charge in [-0.2, -0.15) is 0 Å². The van der Waals surface area contributed by atoms with Gasteiger partial charge in [0.15, 0.2) is 0 Å². The number of hydrogen-bond donors (Lipinski definition) is 1. The van der Waals surface area contributed by atoms with Crippen molar-refractivity contribution in [2.75, 3.05) is 7.05 Å². The van der Waals surface area contributed by atoms with Gasteiger partial charge in [0.2, 0.25) is 0 Å². The van der Waals surface area contributed by atoms with Crippen molar-refractivity contribution in [3.63, 3.8) is 0 Å².